The molecule has 0 bridgehead atoms. The zero-order valence-corrected chi connectivity index (χ0v) is 18.3. The summed E-state index contributed by atoms with van der Waals surface area (Å²) in [6, 6.07) is 4.15. The first-order chi connectivity index (χ1) is 12.3. The highest BCUT2D eigenvalue weighted by molar-refractivity contribution is 14.0. The number of pyridine rings is 1. The number of guanidine groups is 1. The summed E-state index contributed by atoms with van der Waals surface area (Å²) in [6.07, 6.45) is 4.36. The van der Waals surface area contributed by atoms with E-state index in [-0.39, 0.29) is 24.0 Å². The van der Waals surface area contributed by atoms with Crippen LogP contribution in [0.5, 0.6) is 0 Å². The second-order valence-corrected chi connectivity index (χ2v) is 6.93. The van der Waals surface area contributed by atoms with E-state index < -0.39 is 0 Å². The van der Waals surface area contributed by atoms with Gasteiger partial charge in [0, 0.05) is 44.5 Å². The van der Waals surface area contributed by atoms with E-state index in [1.165, 1.54) is 18.4 Å². The standard InChI is InChI=1S/C19H31N5O.HI/c1-3-20-19(24-9-6-16(2)7-10-24)22-15-17-5-4-8-21-18(17)23-11-13-25-14-12-23;/h4-5,8,16H,3,6-7,9-15H2,1-2H3,(H,20,22);1H. The van der Waals surface area contributed by atoms with Crippen molar-refractivity contribution in [3.8, 4) is 0 Å². The van der Waals surface area contributed by atoms with Crippen molar-refractivity contribution >= 4 is 35.8 Å². The largest absolute Gasteiger partial charge is 0.378 e. The fourth-order valence-electron chi connectivity index (χ4n) is 3.42. The van der Waals surface area contributed by atoms with Crippen molar-refractivity contribution in [2.24, 2.45) is 10.9 Å². The number of anilines is 1. The number of aliphatic imine (C=N–C) groups is 1. The van der Waals surface area contributed by atoms with E-state index >= 15 is 0 Å². The van der Waals surface area contributed by atoms with E-state index in [0.717, 1.165) is 63.6 Å². The Bertz CT molecular complexity index is 569. The van der Waals surface area contributed by atoms with Crippen molar-refractivity contribution in [3.63, 3.8) is 0 Å². The Morgan fingerprint density at radius 2 is 2.00 bits per heavy atom. The molecule has 1 N–H and O–H groups in total. The molecular formula is C19H32IN5O. The molecule has 7 heteroatoms. The highest BCUT2D eigenvalue weighted by atomic mass is 127. The van der Waals surface area contributed by atoms with E-state index in [2.05, 4.69) is 40.0 Å². The van der Waals surface area contributed by atoms with Crippen molar-refractivity contribution < 1.29 is 4.74 Å². The number of rotatable bonds is 4. The number of ether oxygens (including phenoxy) is 1. The number of piperidine rings is 1. The summed E-state index contributed by atoms with van der Waals surface area (Å²) in [5.74, 6) is 2.91. The Labute approximate surface area is 174 Å². The van der Waals surface area contributed by atoms with E-state index in [9.17, 15) is 0 Å². The average Bonchev–Trinajstić information content (AvgIpc) is 2.67. The van der Waals surface area contributed by atoms with Gasteiger partial charge in [-0.1, -0.05) is 13.0 Å². The topological polar surface area (TPSA) is 53.0 Å². The predicted octanol–water partition coefficient (Wildman–Crippen LogP) is 2.73. The Morgan fingerprint density at radius 3 is 2.69 bits per heavy atom. The van der Waals surface area contributed by atoms with Gasteiger partial charge in [-0.25, -0.2) is 9.98 Å². The van der Waals surface area contributed by atoms with Crippen LogP contribution in [-0.4, -0.2) is 61.8 Å². The summed E-state index contributed by atoms with van der Waals surface area (Å²) in [4.78, 5) is 14.2. The van der Waals surface area contributed by atoms with Crippen LogP contribution in [0.25, 0.3) is 0 Å². The van der Waals surface area contributed by atoms with Crippen LogP contribution in [0.3, 0.4) is 0 Å². The molecule has 26 heavy (non-hydrogen) atoms. The predicted molar refractivity (Wildman–Crippen MR) is 117 cm³/mol. The number of aromatic nitrogens is 1. The van der Waals surface area contributed by atoms with Crippen LogP contribution in [0.15, 0.2) is 23.3 Å². The summed E-state index contributed by atoms with van der Waals surface area (Å²) in [7, 11) is 0. The van der Waals surface area contributed by atoms with Gasteiger partial charge in [0.15, 0.2) is 5.96 Å². The van der Waals surface area contributed by atoms with Gasteiger partial charge in [-0.05, 0) is 31.7 Å². The van der Waals surface area contributed by atoms with Crippen LogP contribution in [0.1, 0.15) is 32.3 Å². The van der Waals surface area contributed by atoms with Gasteiger partial charge in [0.25, 0.3) is 0 Å². The molecule has 2 aliphatic heterocycles. The molecule has 0 unspecified atom stereocenters. The first kappa shape index (κ1) is 21.2. The highest BCUT2D eigenvalue weighted by Gasteiger charge is 2.19. The molecule has 2 saturated heterocycles. The van der Waals surface area contributed by atoms with Crippen LogP contribution < -0.4 is 10.2 Å². The molecule has 2 aliphatic rings. The maximum Gasteiger partial charge on any atom is 0.194 e. The molecule has 3 heterocycles. The molecule has 0 radical (unpaired) electrons. The third-order valence-electron chi connectivity index (χ3n) is 5.00. The SMILES string of the molecule is CCNC(=NCc1cccnc1N1CCOCC1)N1CCC(C)CC1.I. The summed E-state index contributed by atoms with van der Waals surface area (Å²) < 4.78 is 5.47. The molecule has 3 rings (SSSR count). The summed E-state index contributed by atoms with van der Waals surface area (Å²) >= 11 is 0. The number of hydrogen-bond donors (Lipinski definition) is 1. The number of hydrogen-bond acceptors (Lipinski definition) is 4. The highest BCUT2D eigenvalue weighted by Crippen LogP contribution is 2.20. The van der Waals surface area contributed by atoms with Gasteiger partial charge in [0.1, 0.15) is 5.82 Å². The Balaban J connectivity index is 0.00000243. The molecule has 2 fully saturated rings. The lowest BCUT2D eigenvalue weighted by atomic mass is 10.00. The molecule has 146 valence electrons. The Morgan fingerprint density at radius 1 is 1.27 bits per heavy atom. The molecule has 0 spiro atoms. The smallest absolute Gasteiger partial charge is 0.194 e. The molecular weight excluding hydrogens is 441 g/mol. The first-order valence-corrected chi connectivity index (χ1v) is 9.57. The minimum atomic E-state index is 0. The molecule has 6 nitrogen and oxygen atoms in total. The van der Waals surface area contributed by atoms with Gasteiger partial charge < -0.3 is 19.9 Å². The van der Waals surface area contributed by atoms with E-state index in [1.807, 2.05) is 12.3 Å². The summed E-state index contributed by atoms with van der Waals surface area (Å²) in [5, 5.41) is 3.46. The van der Waals surface area contributed by atoms with Gasteiger partial charge in [0.05, 0.1) is 19.8 Å². The minimum Gasteiger partial charge on any atom is -0.378 e. The molecule has 0 atom stereocenters. The van der Waals surface area contributed by atoms with Crippen LogP contribution >= 0.6 is 24.0 Å². The minimum absolute atomic E-state index is 0. The lowest BCUT2D eigenvalue weighted by molar-refractivity contribution is 0.122. The van der Waals surface area contributed by atoms with Crippen LogP contribution in [-0.2, 0) is 11.3 Å². The van der Waals surface area contributed by atoms with Crippen LogP contribution in [0.2, 0.25) is 0 Å². The van der Waals surface area contributed by atoms with Crippen molar-refractivity contribution in [1.29, 1.82) is 0 Å². The lowest BCUT2D eigenvalue weighted by Gasteiger charge is -2.33. The number of morpholine rings is 1. The zero-order chi connectivity index (χ0) is 17.5. The third-order valence-corrected chi connectivity index (χ3v) is 5.00. The fourth-order valence-corrected chi connectivity index (χ4v) is 3.42. The number of nitrogens with zero attached hydrogens (tertiary/aromatic N) is 4. The van der Waals surface area contributed by atoms with E-state index in [0.29, 0.717) is 6.54 Å². The van der Waals surface area contributed by atoms with Gasteiger partial charge in [0.2, 0.25) is 0 Å². The summed E-state index contributed by atoms with van der Waals surface area (Å²) in [5.41, 5.74) is 1.19. The summed E-state index contributed by atoms with van der Waals surface area (Å²) in [6.45, 7) is 11.6. The van der Waals surface area contributed by atoms with Crippen LogP contribution in [0, 0.1) is 5.92 Å². The Kier molecular flexibility index (Phi) is 8.90. The molecule has 0 aliphatic carbocycles. The van der Waals surface area contributed by atoms with Gasteiger partial charge >= 0.3 is 0 Å². The maximum absolute atomic E-state index is 5.47. The second kappa shape index (κ2) is 10.9. The third kappa shape index (κ3) is 5.70. The van der Waals surface area contributed by atoms with Crippen molar-refractivity contribution in [2.75, 3.05) is 50.8 Å². The van der Waals surface area contributed by atoms with Crippen molar-refractivity contribution in [1.82, 2.24) is 15.2 Å². The zero-order valence-electron chi connectivity index (χ0n) is 16.0. The molecule has 0 saturated carbocycles. The monoisotopic (exact) mass is 473 g/mol. The first-order valence-electron chi connectivity index (χ1n) is 9.57. The number of likely N-dealkylation sites (tertiary alicyclic amines) is 1. The molecule has 1 aromatic heterocycles. The average molecular weight is 473 g/mol. The van der Waals surface area contributed by atoms with Gasteiger partial charge in [-0.15, -0.1) is 24.0 Å². The molecule has 1 aromatic rings. The lowest BCUT2D eigenvalue weighted by Crippen LogP contribution is -2.45. The quantitative estimate of drug-likeness (QED) is 0.414. The van der Waals surface area contributed by atoms with Gasteiger partial charge in [-0.2, -0.15) is 0 Å². The maximum atomic E-state index is 5.47. The fraction of sp³-hybridized carbons (Fsp3) is 0.684. The molecule has 0 amide bonds. The normalized spacial score (nSPS) is 19.2. The van der Waals surface area contributed by atoms with E-state index in [1.54, 1.807) is 0 Å². The van der Waals surface area contributed by atoms with Crippen molar-refractivity contribution in [3.05, 3.63) is 23.9 Å². The number of halogens is 1. The number of nitrogens with one attached hydrogen (secondary N) is 1. The van der Waals surface area contributed by atoms with Crippen LogP contribution in [0.4, 0.5) is 5.82 Å². The second-order valence-electron chi connectivity index (χ2n) is 6.93. The van der Waals surface area contributed by atoms with E-state index in [4.69, 9.17) is 9.73 Å². The van der Waals surface area contributed by atoms with Gasteiger partial charge in [-0.3, -0.25) is 0 Å². The molecule has 0 aromatic carbocycles. The van der Waals surface area contributed by atoms with Crippen molar-refractivity contribution in [2.45, 2.75) is 33.2 Å². The Hall–Kier alpha value is -1.09.